The van der Waals surface area contributed by atoms with Gasteiger partial charge in [0.15, 0.2) is 0 Å². The summed E-state index contributed by atoms with van der Waals surface area (Å²) in [7, 11) is 0. The first-order valence-electron chi connectivity index (χ1n) is 9.65. The third-order valence-electron chi connectivity index (χ3n) is 4.86. The number of aromatic nitrogens is 2. The van der Waals surface area contributed by atoms with Crippen molar-refractivity contribution < 1.29 is 14.0 Å². The average molecular weight is 458 g/mol. The molecule has 1 unspecified atom stereocenters. The number of carbonyl (C=O) groups is 2. The van der Waals surface area contributed by atoms with Crippen LogP contribution in [0.25, 0.3) is 0 Å². The number of urea groups is 1. The number of thioether (sulfide) groups is 1. The number of rotatable bonds is 5. The first-order chi connectivity index (χ1) is 15.0. The molecule has 1 aromatic heterocycles. The number of carbonyl (C=O) groups excluding carboxylic acids is 2. The largest absolute Gasteiger partial charge is 0.322 e. The summed E-state index contributed by atoms with van der Waals surface area (Å²) in [4.78, 5) is 28.1. The molecule has 7 nitrogen and oxygen atoms in total. The van der Waals surface area contributed by atoms with E-state index >= 15 is 0 Å². The van der Waals surface area contributed by atoms with E-state index in [0.717, 1.165) is 34.8 Å². The van der Waals surface area contributed by atoms with Crippen molar-refractivity contribution >= 4 is 46.4 Å². The Hall–Kier alpha value is -2.98. The van der Waals surface area contributed by atoms with Gasteiger partial charge in [0.05, 0.1) is 6.04 Å². The van der Waals surface area contributed by atoms with Gasteiger partial charge in [-0.2, -0.15) is 0 Å². The van der Waals surface area contributed by atoms with E-state index in [9.17, 15) is 14.0 Å². The van der Waals surface area contributed by atoms with Crippen LogP contribution >= 0.6 is 23.1 Å². The van der Waals surface area contributed by atoms with Gasteiger partial charge in [-0.25, -0.2) is 9.18 Å². The maximum Gasteiger partial charge on any atom is 0.322 e. The molecule has 31 heavy (non-hydrogen) atoms. The molecule has 0 spiro atoms. The molecule has 1 aliphatic rings. The highest BCUT2D eigenvalue weighted by molar-refractivity contribution is 7.98. The lowest BCUT2D eigenvalue weighted by atomic mass is 10.2. The zero-order valence-electron chi connectivity index (χ0n) is 16.7. The van der Waals surface area contributed by atoms with Crippen LogP contribution in [0.15, 0.2) is 53.4 Å². The second-order valence-corrected chi connectivity index (χ2v) is 8.81. The van der Waals surface area contributed by atoms with E-state index in [0.29, 0.717) is 17.2 Å². The van der Waals surface area contributed by atoms with Gasteiger partial charge in [-0.15, -0.1) is 22.0 Å². The molecule has 1 aliphatic heterocycles. The lowest BCUT2D eigenvalue weighted by molar-refractivity contribution is 0.102. The third kappa shape index (κ3) is 5.02. The van der Waals surface area contributed by atoms with E-state index in [1.54, 1.807) is 16.7 Å². The van der Waals surface area contributed by atoms with Crippen molar-refractivity contribution in [2.45, 2.75) is 23.8 Å². The second kappa shape index (κ2) is 9.44. The van der Waals surface area contributed by atoms with Crippen molar-refractivity contribution in [3.05, 3.63) is 64.4 Å². The minimum Gasteiger partial charge on any atom is -0.320 e. The Morgan fingerprint density at radius 2 is 1.94 bits per heavy atom. The molecule has 160 valence electrons. The summed E-state index contributed by atoms with van der Waals surface area (Å²) in [6, 6.07) is 12.7. The zero-order valence-corrected chi connectivity index (χ0v) is 18.3. The van der Waals surface area contributed by atoms with Crippen LogP contribution in [0.3, 0.4) is 0 Å². The summed E-state index contributed by atoms with van der Waals surface area (Å²) in [6.45, 7) is 0.607. The van der Waals surface area contributed by atoms with Crippen molar-refractivity contribution in [3.63, 3.8) is 0 Å². The van der Waals surface area contributed by atoms with Crippen LogP contribution in [0.5, 0.6) is 0 Å². The first-order valence-corrected chi connectivity index (χ1v) is 11.7. The predicted molar refractivity (Wildman–Crippen MR) is 120 cm³/mol. The topological polar surface area (TPSA) is 87.2 Å². The highest BCUT2D eigenvalue weighted by Gasteiger charge is 2.33. The Bertz CT molecular complexity index is 1090. The van der Waals surface area contributed by atoms with Gasteiger partial charge in [-0.1, -0.05) is 17.4 Å². The number of halogens is 1. The lowest BCUT2D eigenvalue weighted by Crippen LogP contribution is -2.34. The molecule has 1 fully saturated rings. The van der Waals surface area contributed by atoms with Gasteiger partial charge in [0.2, 0.25) is 5.01 Å². The Balaban J connectivity index is 1.43. The van der Waals surface area contributed by atoms with E-state index in [2.05, 4.69) is 20.8 Å². The molecule has 10 heteroatoms. The maximum absolute atomic E-state index is 13.0. The van der Waals surface area contributed by atoms with Crippen molar-refractivity contribution in [1.29, 1.82) is 0 Å². The zero-order chi connectivity index (χ0) is 21.8. The number of amides is 3. The summed E-state index contributed by atoms with van der Waals surface area (Å²) in [5.41, 5.74) is 1.21. The molecule has 1 atom stereocenters. The van der Waals surface area contributed by atoms with Crippen LogP contribution in [0.1, 0.15) is 33.7 Å². The van der Waals surface area contributed by atoms with Crippen molar-refractivity contribution in [1.82, 2.24) is 15.1 Å². The van der Waals surface area contributed by atoms with E-state index in [1.807, 2.05) is 30.5 Å². The molecule has 1 saturated heterocycles. The number of nitrogens with one attached hydrogen (secondary N) is 2. The Kier molecular flexibility index (Phi) is 6.47. The van der Waals surface area contributed by atoms with Crippen LogP contribution in [-0.4, -0.2) is 39.8 Å². The number of anilines is 2. The summed E-state index contributed by atoms with van der Waals surface area (Å²) < 4.78 is 13.0. The summed E-state index contributed by atoms with van der Waals surface area (Å²) >= 11 is 2.77. The molecule has 0 radical (unpaired) electrons. The molecule has 3 aromatic rings. The number of nitrogens with zero attached hydrogens (tertiary/aromatic N) is 3. The fraction of sp³-hybridized carbons (Fsp3) is 0.238. The predicted octanol–water partition coefficient (Wildman–Crippen LogP) is 5.02. The van der Waals surface area contributed by atoms with Crippen molar-refractivity contribution in [3.8, 4) is 0 Å². The molecule has 2 heterocycles. The van der Waals surface area contributed by atoms with Gasteiger partial charge in [-0.3, -0.25) is 4.79 Å². The highest BCUT2D eigenvalue weighted by atomic mass is 32.2. The molecule has 2 aromatic carbocycles. The quantitative estimate of drug-likeness (QED) is 0.525. The molecule has 3 amide bonds. The lowest BCUT2D eigenvalue weighted by Gasteiger charge is -2.23. The van der Waals surface area contributed by atoms with Gasteiger partial charge >= 0.3 is 6.03 Å². The normalized spacial score (nSPS) is 15.7. The Morgan fingerprint density at radius 1 is 1.13 bits per heavy atom. The minimum absolute atomic E-state index is 0.194. The van der Waals surface area contributed by atoms with Crippen LogP contribution < -0.4 is 10.6 Å². The van der Waals surface area contributed by atoms with Gasteiger partial charge in [0, 0.05) is 22.8 Å². The monoisotopic (exact) mass is 457 g/mol. The Morgan fingerprint density at radius 3 is 2.71 bits per heavy atom. The third-order valence-corrected chi connectivity index (χ3v) is 6.61. The van der Waals surface area contributed by atoms with E-state index in [1.165, 1.54) is 24.3 Å². The maximum atomic E-state index is 13.0. The fourth-order valence-electron chi connectivity index (χ4n) is 3.34. The molecule has 0 aliphatic carbocycles. The summed E-state index contributed by atoms with van der Waals surface area (Å²) in [6.07, 6.45) is 3.59. The van der Waals surface area contributed by atoms with Crippen LogP contribution in [0, 0.1) is 5.82 Å². The number of hydrogen-bond acceptors (Lipinski definition) is 6. The first kappa shape index (κ1) is 21.3. The van der Waals surface area contributed by atoms with Crippen LogP contribution in [0.4, 0.5) is 20.6 Å². The summed E-state index contributed by atoms with van der Waals surface area (Å²) in [5, 5.41) is 14.6. The number of hydrogen-bond donors (Lipinski definition) is 2. The SMILES string of the molecule is CSc1cccc(NC(=O)N2CCCC2c2nnc(C(=O)Nc3ccc(F)cc3)s2)c1. The molecule has 0 bridgehead atoms. The number of benzene rings is 2. The Labute approximate surface area is 187 Å². The second-order valence-electron chi connectivity index (χ2n) is 6.92. The van der Waals surface area contributed by atoms with Gasteiger partial charge in [0.1, 0.15) is 10.8 Å². The molecule has 2 N–H and O–H groups in total. The van der Waals surface area contributed by atoms with E-state index in [-0.39, 0.29) is 22.9 Å². The standard InChI is InChI=1S/C21H20FN5O2S2/c1-30-16-5-2-4-15(12-16)24-21(29)27-11-3-6-17(27)19-25-26-20(31-19)18(28)23-14-9-7-13(22)8-10-14/h2,4-5,7-10,12,17H,3,6,11H2,1H3,(H,23,28)(H,24,29). The smallest absolute Gasteiger partial charge is 0.320 e. The fourth-order valence-corrected chi connectivity index (χ4v) is 4.69. The minimum atomic E-state index is -0.418. The van der Waals surface area contributed by atoms with Crippen molar-refractivity contribution in [2.75, 3.05) is 23.4 Å². The van der Waals surface area contributed by atoms with Gasteiger partial charge < -0.3 is 15.5 Å². The molecular weight excluding hydrogens is 437 g/mol. The van der Waals surface area contributed by atoms with E-state index < -0.39 is 5.91 Å². The van der Waals surface area contributed by atoms with Gasteiger partial charge in [0.25, 0.3) is 5.91 Å². The van der Waals surface area contributed by atoms with Crippen molar-refractivity contribution in [2.24, 2.45) is 0 Å². The highest BCUT2D eigenvalue weighted by Crippen LogP contribution is 2.34. The molecular formula is C21H20FN5O2S2. The van der Waals surface area contributed by atoms with Crippen LogP contribution in [0.2, 0.25) is 0 Å². The number of likely N-dealkylation sites (tertiary alicyclic amines) is 1. The average Bonchev–Trinajstić information content (AvgIpc) is 3.45. The summed E-state index contributed by atoms with van der Waals surface area (Å²) in [5.74, 6) is -0.797. The van der Waals surface area contributed by atoms with Crippen LogP contribution in [-0.2, 0) is 0 Å². The van der Waals surface area contributed by atoms with Gasteiger partial charge in [-0.05, 0) is 61.6 Å². The molecule has 4 rings (SSSR count). The van der Waals surface area contributed by atoms with E-state index in [4.69, 9.17) is 0 Å². The molecule has 0 saturated carbocycles.